The van der Waals surface area contributed by atoms with Crippen LogP contribution < -0.4 is 10.2 Å². The van der Waals surface area contributed by atoms with E-state index in [-0.39, 0.29) is 17.8 Å². The summed E-state index contributed by atoms with van der Waals surface area (Å²) in [5, 5.41) is 5.91. The number of anilines is 1. The third-order valence-corrected chi connectivity index (χ3v) is 7.58. The molecule has 0 spiro atoms. The summed E-state index contributed by atoms with van der Waals surface area (Å²) in [4.78, 5) is 23.8. The maximum atomic E-state index is 14.1. The van der Waals surface area contributed by atoms with Crippen LogP contribution in [0, 0.1) is 12.7 Å². The molecule has 3 aromatic rings. The fraction of sp³-hybridized carbons (Fsp3) is 0.364. The Balaban J connectivity index is 1.55. The van der Waals surface area contributed by atoms with Crippen LogP contribution in [-0.4, -0.2) is 49.0 Å². The number of aromatic nitrogens is 1. The first kappa shape index (κ1) is 21.0. The Morgan fingerprint density at radius 3 is 2.70 bits per heavy atom. The van der Waals surface area contributed by atoms with Gasteiger partial charge in [0.15, 0.2) is 0 Å². The zero-order valence-electron chi connectivity index (χ0n) is 17.3. The molecule has 8 heteroatoms. The van der Waals surface area contributed by atoms with Crippen molar-refractivity contribution < 1.29 is 9.18 Å². The van der Waals surface area contributed by atoms with Crippen molar-refractivity contribution in [2.45, 2.75) is 19.9 Å². The third kappa shape index (κ3) is 4.40. The lowest BCUT2D eigenvalue weighted by Crippen LogP contribution is -2.45. The average Bonchev–Trinajstić information content (AvgIpc) is 3.38. The summed E-state index contributed by atoms with van der Waals surface area (Å²) < 4.78 is 14.1. The van der Waals surface area contributed by atoms with Gasteiger partial charge in [0.25, 0.3) is 5.91 Å². The summed E-state index contributed by atoms with van der Waals surface area (Å²) in [7, 11) is 2.10. The summed E-state index contributed by atoms with van der Waals surface area (Å²) in [5.74, 6) is -0.466. The van der Waals surface area contributed by atoms with Crippen molar-refractivity contribution in [1.82, 2.24) is 15.2 Å². The van der Waals surface area contributed by atoms with Crippen LogP contribution in [0.25, 0.3) is 9.88 Å². The van der Waals surface area contributed by atoms with E-state index in [1.54, 1.807) is 11.3 Å². The molecule has 158 valence electrons. The molecule has 1 unspecified atom stereocenters. The SMILES string of the molecule is Cc1nc(-c2cccs2)sc1C(=O)NC(C)c1cc(F)ccc1N1CCN(C)CC1. The lowest BCUT2D eigenvalue weighted by Gasteiger charge is -2.36. The molecule has 0 aliphatic carbocycles. The number of likely N-dealkylation sites (N-methyl/N-ethyl adjacent to an activating group) is 1. The lowest BCUT2D eigenvalue weighted by atomic mass is 10.0. The molecular formula is C22H25FN4OS2. The number of thiophene rings is 1. The second kappa shape index (κ2) is 8.83. The van der Waals surface area contributed by atoms with E-state index in [0.29, 0.717) is 10.6 Å². The summed E-state index contributed by atoms with van der Waals surface area (Å²) in [5.41, 5.74) is 2.50. The molecule has 1 aromatic carbocycles. The van der Waals surface area contributed by atoms with Gasteiger partial charge in [-0.2, -0.15) is 0 Å². The minimum atomic E-state index is -0.324. The largest absolute Gasteiger partial charge is 0.369 e. The predicted molar refractivity (Wildman–Crippen MR) is 122 cm³/mol. The Labute approximate surface area is 184 Å². The Hall–Kier alpha value is -2.29. The molecule has 1 saturated heterocycles. The molecule has 0 bridgehead atoms. The molecule has 1 amide bonds. The number of nitrogens with zero attached hydrogens (tertiary/aromatic N) is 3. The highest BCUT2D eigenvalue weighted by molar-refractivity contribution is 7.22. The van der Waals surface area contributed by atoms with Gasteiger partial charge < -0.3 is 15.1 Å². The van der Waals surface area contributed by atoms with Crippen molar-refractivity contribution >= 4 is 34.3 Å². The van der Waals surface area contributed by atoms with Gasteiger partial charge in [0.2, 0.25) is 0 Å². The van der Waals surface area contributed by atoms with Crippen LogP contribution in [0.2, 0.25) is 0 Å². The number of thiazole rings is 1. The zero-order valence-corrected chi connectivity index (χ0v) is 18.9. The van der Waals surface area contributed by atoms with Crippen molar-refractivity contribution in [3.05, 3.63) is 57.7 Å². The number of amides is 1. The number of carbonyl (C=O) groups is 1. The Morgan fingerprint density at radius 2 is 2.00 bits per heavy atom. The minimum absolute atomic E-state index is 0.172. The Bertz CT molecular complexity index is 1030. The average molecular weight is 445 g/mol. The van der Waals surface area contributed by atoms with Crippen molar-refractivity contribution in [3.63, 3.8) is 0 Å². The molecule has 2 aromatic heterocycles. The molecule has 0 saturated carbocycles. The molecule has 0 radical (unpaired) electrons. The predicted octanol–water partition coefficient (Wildman–Crippen LogP) is 4.56. The molecule has 5 nitrogen and oxygen atoms in total. The highest BCUT2D eigenvalue weighted by Gasteiger charge is 2.23. The van der Waals surface area contributed by atoms with Crippen LogP contribution in [0.3, 0.4) is 0 Å². The van der Waals surface area contributed by atoms with Crippen LogP contribution in [0.4, 0.5) is 10.1 Å². The Kier molecular flexibility index (Phi) is 6.17. The number of hydrogen-bond acceptors (Lipinski definition) is 6. The quantitative estimate of drug-likeness (QED) is 0.627. The van der Waals surface area contributed by atoms with Gasteiger partial charge in [-0.15, -0.1) is 22.7 Å². The summed E-state index contributed by atoms with van der Waals surface area (Å²) in [6.45, 7) is 7.45. The molecule has 4 rings (SSSR count). The van der Waals surface area contributed by atoms with Crippen LogP contribution in [0.15, 0.2) is 35.7 Å². The van der Waals surface area contributed by atoms with E-state index in [9.17, 15) is 9.18 Å². The van der Waals surface area contributed by atoms with E-state index in [1.807, 2.05) is 37.4 Å². The molecule has 3 heterocycles. The van der Waals surface area contributed by atoms with Gasteiger partial charge in [0, 0.05) is 37.4 Å². The van der Waals surface area contributed by atoms with E-state index in [1.165, 1.54) is 23.5 Å². The number of carbonyl (C=O) groups excluding carboxylic acids is 1. The summed E-state index contributed by atoms with van der Waals surface area (Å²) in [6.07, 6.45) is 0. The van der Waals surface area contributed by atoms with Gasteiger partial charge >= 0.3 is 0 Å². The maximum absolute atomic E-state index is 14.1. The lowest BCUT2D eigenvalue weighted by molar-refractivity contribution is 0.0943. The van der Waals surface area contributed by atoms with Crippen molar-refractivity contribution in [1.29, 1.82) is 0 Å². The standard InChI is InChI=1S/C22H25FN4OS2/c1-14(17-13-16(23)6-7-18(17)27-10-8-26(3)9-11-27)24-21(28)20-15(2)25-22(30-20)19-5-4-12-29-19/h4-7,12-14H,8-11H2,1-3H3,(H,24,28). The first-order valence-electron chi connectivity index (χ1n) is 9.97. The van der Waals surface area contributed by atoms with E-state index in [2.05, 4.69) is 27.1 Å². The Morgan fingerprint density at radius 1 is 1.23 bits per heavy atom. The van der Waals surface area contributed by atoms with Crippen LogP contribution in [-0.2, 0) is 0 Å². The zero-order chi connectivity index (χ0) is 21.3. The highest BCUT2D eigenvalue weighted by atomic mass is 32.1. The second-order valence-electron chi connectivity index (χ2n) is 7.60. The molecule has 1 N–H and O–H groups in total. The minimum Gasteiger partial charge on any atom is -0.369 e. The van der Waals surface area contributed by atoms with Gasteiger partial charge in [0.1, 0.15) is 15.7 Å². The first-order chi connectivity index (χ1) is 14.4. The van der Waals surface area contributed by atoms with Crippen LogP contribution in [0.1, 0.15) is 33.9 Å². The first-order valence-corrected chi connectivity index (χ1v) is 11.7. The van der Waals surface area contributed by atoms with Gasteiger partial charge in [-0.25, -0.2) is 9.37 Å². The van der Waals surface area contributed by atoms with Crippen LogP contribution in [0.5, 0.6) is 0 Å². The fourth-order valence-corrected chi connectivity index (χ4v) is 5.43. The number of rotatable bonds is 5. The number of nitrogens with one attached hydrogen (secondary N) is 1. The third-order valence-electron chi connectivity index (χ3n) is 5.38. The second-order valence-corrected chi connectivity index (χ2v) is 9.55. The van der Waals surface area contributed by atoms with E-state index >= 15 is 0 Å². The van der Waals surface area contributed by atoms with Gasteiger partial charge in [-0.1, -0.05) is 6.07 Å². The number of aryl methyl sites for hydroxylation is 1. The molecular weight excluding hydrogens is 419 g/mol. The van der Waals surface area contributed by atoms with Gasteiger partial charge in [0.05, 0.1) is 16.6 Å². The topological polar surface area (TPSA) is 48.5 Å². The van der Waals surface area contributed by atoms with Gasteiger partial charge in [-0.3, -0.25) is 4.79 Å². The number of halogens is 1. The fourth-order valence-electron chi connectivity index (χ4n) is 3.66. The van der Waals surface area contributed by atoms with Crippen molar-refractivity contribution in [2.24, 2.45) is 0 Å². The van der Waals surface area contributed by atoms with E-state index in [4.69, 9.17) is 0 Å². The smallest absolute Gasteiger partial charge is 0.263 e. The van der Waals surface area contributed by atoms with Crippen LogP contribution >= 0.6 is 22.7 Å². The number of hydrogen-bond donors (Lipinski definition) is 1. The van der Waals surface area contributed by atoms with Gasteiger partial charge in [-0.05, 0) is 50.5 Å². The van der Waals surface area contributed by atoms with Crippen molar-refractivity contribution in [3.8, 4) is 9.88 Å². The number of piperazine rings is 1. The summed E-state index contributed by atoms with van der Waals surface area (Å²) in [6, 6.07) is 8.51. The monoisotopic (exact) mass is 444 g/mol. The number of benzene rings is 1. The van der Waals surface area contributed by atoms with Crippen molar-refractivity contribution in [2.75, 3.05) is 38.1 Å². The highest BCUT2D eigenvalue weighted by Crippen LogP contribution is 2.32. The summed E-state index contributed by atoms with van der Waals surface area (Å²) >= 11 is 3.00. The molecule has 30 heavy (non-hydrogen) atoms. The molecule has 1 aliphatic heterocycles. The molecule has 1 fully saturated rings. The molecule has 1 atom stereocenters. The maximum Gasteiger partial charge on any atom is 0.263 e. The molecule has 1 aliphatic rings. The normalized spacial score (nSPS) is 15.9. The van der Waals surface area contributed by atoms with E-state index in [0.717, 1.165) is 47.3 Å². The van der Waals surface area contributed by atoms with E-state index < -0.39 is 0 Å².